The zero-order valence-electron chi connectivity index (χ0n) is 68.8. The van der Waals surface area contributed by atoms with Crippen LogP contribution in [0.2, 0.25) is 30.9 Å². The number of halogens is 6. The maximum Gasteiger partial charge on any atom is 0.254 e. The zero-order chi connectivity index (χ0) is 85.7. The maximum atomic E-state index is 12.6. The van der Waals surface area contributed by atoms with Crippen molar-refractivity contribution >= 4 is 105 Å². The molecule has 642 valence electrons. The molecule has 0 aromatic carbocycles. The summed E-state index contributed by atoms with van der Waals surface area (Å²) in [6.45, 7) is 1.95. The molecule has 25 nitrogen and oxygen atoms in total. The number of carbonyl (C=O) groups excluding carboxylic acids is 6. The Kier molecular flexibility index (Phi) is 17.8. The summed E-state index contributed by atoms with van der Waals surface area (Å²) in [5, 5.41) is 21.9. The van der Waals surface area contributed by atoms with Crippen molar-refractivity contribution in [3.05, 3.63) is 239 Å². The first kappa shape index (κ1) is 78.4. The van der Waals surface area contributed by atoms with Gasteiger partial charge in [-0.2, -0.15) is 0 Å². The van der Waals surface area contributed by atoms with Crippen LogP contribution >= 0.6 is 69.6 Å². The summed E-state index contributed by atoms with van der Waals surface area (Å²) in [7, 11) is 0. The molecule has 0 radical (unpaired) electrons. The number of pyridine rings is 6. The molecule has 6 amide bonds. The average molecular weight is 1810 g/mol. The molecule has 19 heterocycles. The Hall–Kier alpha value is -10.9. The van der Waals surface area contributed by atoms with E-state index in [-0.39, 0.29) is 57.5 Å². The summed E-state index contributed by atoms with van der Waals surface area (Å²) < 4.78 is 5.30. The van der Waals surface area contributed by atoms with Gasteiger partial charge < -0.3 is 66.5 Å². The van der Waals surface area contributed by atoms with Crippen molar-refractivity contribution in [2.24, 2.45) is 0 Å². The highest BCUT2D eigenvalue weighted by atomic mass is 35.5. The van der Waals surface area contributed by atoms with Crippen molar-refractivity contribution in [1.29, 1.82) is 0 Å². The highest BCUT2D eigenvalue weighted by molar-refractivity contribution is 6.31. The Bertz CT molecular complexity index is 6790. The largest absolute Gasteiger partial charge is 0.376 e. The van der Waals surface area contributed by atoms with Crippen molar-refractivity contribution in [2.75, 3.05) is 19.8 Å². The van der Waals surface area contributed by atoms with Gasteiger partial charge in [0.15, 0.2) is 0 Å². The Morgan fingerprint density at radius 3 is 1.02 bits per heavy atom. The Morgan fingerprint density at radius 1 is 0.331 bits per heavy atom. The Morgan fingerprint density at radius 2 is 0.669 bits per heavy atom. The number of H-pyrrole nitrogens is 6. The fourth-order valence-corrected chi connectivity index (χ4v) is 24.2. The third-order valence-electron chi connectivity index (χ3n) is 30.5. The van der Waals surface area contributed by atoms with Crippen LogP contribution in [0.25, 0.3) is 67.5 Å². The van der Waals surface area contributed by atoms with E-state index < -0.39 is 0 Å². The number of hydrogen-bond donors (Lipinski definition) is 12. The molecule has 1 saturated heterocycles. The van der Waals surface area contributed by atoms with Crippen LogP contribution in [-0.2, 0) is 106 Å². The van der Waals surface area contributed by atoms with Crippen LogP contribution in [0.15, 0.2) is 73.6 Å². The van der Waals surface area contributed by atoms with E-state index in [9.17, 15) is 28.8 Å². The fraction of sp³-hybridized carbons (Fsp3) is 0.375. The molecule has 4 spiro atoms. The second kappa shape index (κ2) is 28.8. The summed E-state index contributed by atoms with van der Waals surface area (Å²) >= 11 is 36.3. The predicted molar refractivity (Wildman–Crippen MR) is 479 cm³/mol. The van der Waals surface area contributed by atoms with Gasteiger partial charge in [-0.3, -0.25) is 28.8 Å². The minimum atomic E-state index is -0.212. The average Bonchev–Trinajstić information content (AvgIpc) is 1.56. The molecule has 12 aromatic rings. The Labute approximate surface area is 757 Å². The first-order valence-electron chi connectivity index (χ1n) is 44.4. The topological polar surface area (TPSA) is 356 Å². The van der Waals surface area contributed by atoms with Crippen LogP contribution in [-0.4, -0.2) is 144 Å². The number of amides is 6. The van der Waals surface area contributed by atoms with Crippen LogP contribution in [0.5, 0.6) is 0 Å². The van der Waals surface area contributed by atoms with E-state index in [1.807, 2.05) is 73.6 Å². The first-order valence-corrected chi connectivity index (χ1v) is 46.6. The molecule has 5 saturated carbocycles. The number of nitrogens with one attached hydrogen (secondary N) is 12. The minimum absolute atomic E-state index is 0.0102. The van der Waals surface area contributed by atoms with E-state index in [0.29, 0.717) is 68.1 Å². The van der Waals surface area contributed by atoms with Crippen LogP contribution in [0.4, 0.5) is 0 Å². The molecule has 30 rings (SSSR count). The predicted octanol–water partition coefficient (Wildman–Crippen LogP) is 15.4. The van der Waals surface area contributed by atoms with E-state index in [2.05, 4.69) is 91.7 Å². The van der Waals surface area contributed by atoms with Crippen molar-refractivity contribution in [3.8, 4) is 67.5 Å². The second-order valence-electron chi connectivity index (χ2n) is 38.0. The monoisotopic (exact) mass is 1810 g/mol. The molecule has 12 aromatic heterocycles. The van der Waals surface area contributed by atoms with Gasteiger partial charge in [-0.15, -0.1) is 0 Å². The summed E-state index contributed by atoms with van der Waals surface area (Å²) in [6.07, 6.45) is 35.7. The van der Waals surface area contributed by atoms with E-state index in [1.54, 1.807) is 0 Å². The van der Waals surface area contributed by atoms with Gasteiger partial charge in [0.05, 0.1) is 86.3 Å². The molecule has 31 heteroatoms. The molecule has 4 atom stereocenters. The smallest absolute Gasteiger partial charge is 0.254 e. The minimum Gasteiger partial charge on any atom is -0.376 e. The number of nitrogens with zero attached hydrogens (tertiary/aromatic N) is 6. The lowest BCUT2D eigenvalue weighted by Gasteiger charge is -2.45. The van der Waals surface area contributed by atoms with Crippen molar-refractivity contribution in [2.45, 2.75) is 206 Å². The third-order valence-corrected chi connectivity index (χ3v) is 31.7. The van der Waals surface area contributed by atoms with Gasteiger partial charge in [-0.1, -0.05) is 69.6 Å². The lowest BCUT2D eigenvalue weighted by molar-refractivity contribution is -0.0714. The lowest BCUT2D eigenvalue weighted by Crippen LogP contribution is -2.65. The number of hydrogen-bond acceptors (Lipinski definition) is 13. The lowest BCUT2D eigenvalue weighted by atomic mass is 9.71. The van der Waals surface area contributed by atoms with Gasteiger partial charge >= 0.3 is 0 Å². The van der Waals surface area contributed by atoms with E-state index in [1.165, 1.54) is 39.8 Å². The molecule has 127 heavy (non-hydrogen) atoms. The zero-order valence-corrected chi connectivity index (χ0v) is 73.4. The number of fused-ring (bicyclic) bond motifs is 35. The SMILES string of the molecule is O=C1NC2(CC2)Cc2[nH]c3c(c21)CCc1cnc(Cl)cc1-3.O=C1NC2(CCC2)Cc2[nH]c3c(c21)CCc1cnc(Cl)cc1-3.O=C1NC2(COC2)Cc2[nH]c3c(c21)CCc1cnc(Cl)cc1-3.O=C1NC2CC2c2[nH]c3c(c21)CCc1cnc(Cl)cc1-3.O=C1NC2CCC2c2[nH]c3c(c21)CCc1cnc(Cl)cc1-3.O=C1NCC2(CC2)c2[nH]c3c(c21)CCc1cnc(Cl)cc1-3. The third kappa shape index (κ3) is 12.7. The van der Waals surface area contributed by atoms with Gasteiger partial charge in [-0.25, -0.2) is 29.9 Å². The number of aromatic amines is 6. The first-order chi connectivity index (χ1) is 61.6. The molecule has 12 N–H and O–H groups in total. The molecular formula is C96H84Cl6N18O7. The normalized spacial score (nSPS) is 22.1. The quantitative estimate of drug-likeness (QED) is 0.0629. The number of aromatic nitrogens is 12. The van der Waals surface area contributed by atoms with Crippen molar-refractivity contribution in [3.63, 3.8) is 0 Å². The molecule has 4 unspecified atom stereocenters. The van der Waals surface area contributed by atoms with Crippen LogP contribution in [0.3, 0.4) is 0 Å². The van der Waals surface area contributed by atoms with Gasteiger partial charge in [0.1, 0.15) is 30.9 Å². The van der Waals surface area contributed by atoms with Crippen molar-refractivity contribution in [1.82, 2.24) is 91.7 Å². The van der Waals surface area contributed by atoms with E-state index in [4.69, 9.17) is 74.3 Å². The molecule has 6 fully saturated rings. The molecule has 7 aliphatic heterocycles. The van der Waals surface area contributed by atoms with E-state index >= 15 is 0 Å². The highest BCUT2D eigenvalue weighted by Crippen LogP contribution is 2.56. The van der Waals surface area contributed by atoms with E-state index in [0.717, 1.165) is 329 Å². The Balaban J connectivity index is 0.0000000829. The number of ether oxygens (including phenoxy) is 1. The highest BCUT2D eigenvalue weighted by Gasteiger charge is 2.55. The summed E-state index contributed by atoms with van der Waals surface area (Å²) in [6, 6.07) is 12.1. The van der Waals surface area contributed by atoms with Crippen molar-refractivity contribution < 1.29 is 33.5 Å². The fourth-order valence-electron chi connectivity index (χ4n) is 23.3. The van der Waals surface area contributed by atoms with Gasteiger partial charge in [-0.05, 0) is 244 Å². The summed E-state index contributed by atoms with van der Waals surface area (Å²) in [4.78, 5) is 121. The molecule has 18 aliphatic rings. The van der Waals surface area contributed by atoms with Gasteiger partial charge in [0.2, 0.25) is 0 Å². The number of carbonyl (C=O) groups is 6. The number of rotatable bonds is 0. The summed E-state index contributed by atoms with van der Waals surface area (Å²) in [5.41, 5.74) is 39.0. The second-order valence-corrected chi connectivity index (χ2v) is 40.3. The standard InChI is InChI=1S/C17H16ClN3O.C16H14ClN3O2.3C16H14ClN3O.C15H12ClN3O/c18-13-6-11-9(8-19-13)2-3-10-14-12(20-15(10)11)7-17(4-1-5-17)21-16(14)22;17-12-3-10-8(5-18-12)1-2-9-13-11(19-14(9)10)4-16(6-22-7-16)20-15(13)21;17-12-5-10-8(7-18-12)1-2-9-13-11(19-14(9)10)6-16(3-4-16)20-15(13)21;17-11-5-10-8(6-18-11)1-2-9-12-14(20-13(9)10)16(3-4-16)7-19-15(12)21;17-12-5-10-7(6-18-12)1-2-9-13-15(20-14(9)10)8-3-4-11(8)19-16(13)21;16-11-4-8-6(5-17-11)1-2-7-12-14(19-13(7)8)9-3-10(9)18-15(12)20/h6,8,20H,1-5,7H2,(H,21,22);3,5,19H,1-2,4,6-7H2,(H,20,21);5,7,19H,1-4,6H2,(H,20,21);5-6,20H,1-4,7H2,(H,19,21);5-6,8,11,20H,1-4H2,(H,19,21);4-5,9-10,19H,1-3H2,(H,18,20). The maximum absolute atomic E-state index is 12.6. The number of aryl methyl sites for hydroxylation is 6. The summed E-state index contributed by atoms with van der Waals surface area (Å²) in [5.74, 6) is 1.40. The molecule has 0 bridgehead atoms. The van der Waals surface area contributed by atoms with Gasteiger partial charge in [0.25, 0.3) is 35.4 Å². The van der Waals surface area contributed by atoms with Crippen LogP contribution in [0.1, 0.15) is 239 Å². The molecular weight excluding hydrogens is 1730 g/mol. The van der Waals surface area contributed by atoms with Gasteiger partial charge in [0, 0.05) is 171 Å². The van der Waals surface area contributed by atoms with Crippen LogP contribution < -0.4 is 31.9 Å². The molecule has 11 aliphatic carbocycles. The van der Waals surface area contributed by atoms with Crippen LogP contribution in [0, 0.1) is 0 Å².